The number of rotatable bonds is 0. The summed E-state index contributed by atoms with van der Waals surface area (Å²) in [6.07, 6.45) is 0.883. The zero-order valence-corrected chi connectivity index (χ0v) is 9.04. The van der Waals surface area contributed by atoms with Crippen LogP contribution in [0.1, 0.15) is 27.2 Å². The highest BCUT2D eigenvalue weighted by Gasteiger charge is 2.42. The second-order valence-electron chi connectivity index (χ2n) is 5.09. The van der Waals surface area contributed by atoms with Crippen LogP contribution in [0.4, 0.5) is 4.79 Å². The molecule has 0 aromatic heterocycles. The lowest BCUT2D eigenvalue weighted by Gasteiger charge is -2.28. The van der Waals surface area contributed by atoms with Crippen molar-refractivity contribution in [2.75, 3.05) is 13.1 Å². The van der Waals surface area contributed by atoms with Gasteiger partial charge in [0.2, 0.25) is 0 Å². The average Bonchev–Trinajstić information content (AvgIpc) is 2.77. The predicted molar refractivity (Wildman–Crippen MR) is 53.1 cm³/mol. The van der Waals surface area contributed by atoms with Gasteiger partial charge in [-0.25, -0.2) is 4.79 Å². The van der Waals surface area contributed by atoms with E-state index in [2.05, 4.69) is 5.32 Å². The number of nitrogens with one attached hydrogen (secondary N) is 1. The molecule has 4 nitrogen and oxygen atoms in total. The fraction of sp³-hybridized carbons (Fsp3) is 0.900. The highest BCUT2D eigenvalue weighted by atomic mass is 16.6. The Morgan fingerprint density at radius 2 is 2.14 bits per heavy atom. The van der Waals surface area contributed by atoms with Crippen LogP contribution >= 0.6 is 0 Å². The Bertz CT molecular complexity index is 247. The molecule has 0 aliphatic carbocycles. The summed E-state index contributed by atoms with van der Waals surface area (Å²) < 4.78 is 5.30. The lowest BCUT2D eigenvalue weighted by molar-refractivity contribution is 0.0232. The molecule has 0 aromatic carbocycles. The number of hydrogen-bond acceptors (Lipinski definition) is 3. The van der Waals surface area contributed by atoms with Crippen molar-refractivity contribution in [1.82, 2.24) is 10.2 Å². The first-order valence-electron chi connectivity index (χ1n) is 5.20. The molecule has 2 aliphatic heterocycles. The van der Waals surface area contributed by atoms with E-state index in [4.69, 9.17) is 4.74 Å². The highest BCUT2D eigenvalue weighted by molar-refractivity contribution is 5.68. The number of carbonyl (C=O) groups excluding carboxylic acids is 1. The molecule has 0 unspecified atom stereocenters. The molecular formula is C10H18N2O2. The fourth-order valence-corrected chi connectivity index (χ4v) is 1.80. The van der Waals surface area contributed by atoms with Crippen LogP contribution in [0.2, 0.25) is 0 Å². The second kappa shape index (κ2) is 3.12. The van der Waals surface area contributed by atoms with Crippen LogP contribution in [0.3, 0.4) is 0 Å². The van der Waals surface area contributed by atoms with Crippen molar-refractivity contribution in [1.29, 1.82) is 0 Å². The van der Waals surface area contributed by atoms with Gasteiger partial charge in [0.25, 0.3) is 0 Å². The minimum atomic E-state index is -0.384. The van der Waals surface area contributed by atoms with Crippen LogP contribution in [-0.4, -0.2) is 41.8 Å². The quantitative estimate of drug-likeness (QED) is 0.590. The van der Waals surface area contributed by atoms with Gasteiger partial charge in [0.1, 0.15) is 5.60 Å². The molecule has 2 atom stereocenters. The van der Waals surface area contributed by atoms with Crippen LogP contribution in [0.5, 0.6) is 0 Å². The number of hydrogen-bond donors (Lipinski definition) is 1. The van der Waals surface area contributed by atoms with E-state index in [1.165, 1.54) is 0 Å². The van der Waals surface area contributed by atoms with Crippen LogP contribution in [0.25, 0.3) is 0 Å². The van der Waals surface area contributed by atoms with Gasteiger partial charge in [-0.3, -0.25) is 0 Å². The normalized spacial score (nSPS) is 30.9. The number of fused-ring (bicyclic) bond motifs is 1. The molecule has 0 bridgehead atoms. The molecule has 4 heteroatoms. The minimum absolute atomic E-state index is 0.176. The standard InChI is InChI=1S/C10H18N2O2/c1-10(2,3)14-9(13)12-5-4-7-8(6-12)11-7/h7-8,11H,4-6H2,1-3H3/t7-,8-/m1/s1. The molecule has 1 amide bonds. The van der Waals surface area contributed by atoms with Crippen molar-refractivity contribution in [2.24, 2.45) is 0 Å². The summed E-state index contributed by atoms with van der Waals surface area (Å²) in [6, 6.07) is 1.19. The third-order valence-corrected chi connectivity index (χ3v) is 2.58. The van der Waals surface area contributed by atoms with E-state index in [1.807, 2.05) is 20.8 Å². The minimum Gasteiger partial charge on any atom is -0.444 e. The fourth-order valence-electron chi connectivity index (χ4n) is 1.80. The second-order valence-corrected chi connectivity index (χ2v) is 5.09. The summed E-state index contributed by atoms with van der Waals surface area (Å²) in [4.78, 5) is 13.5. The summed E-state index contributed by atoms with van der Waals surface area (Å²) >= 11 is 0. The third kappa shape index (κ3) is 2.18. The molecule has 1 N–H and O–H groups in total. The average molecular weight is 198 g/mol. The summed E-state index contributed by atoms with van der Waals surface area (Å²) in [5, 5.41) is 3.33. The van der Waals surface area contributed by atoms with E-state index in [0.717, 1.165) is 19.5 Å². The van der Waals surface area contributed by atoms with E-state index < -0.39 is 0 Å². The van der Waals surface area contributed by atoms with Gasteiger partial charge in [0.15, 0.2) is 0 Å². The molecule has 0 aromatic rings. The van der Waals surface area contributed by atoms with Crippen molar-refractivity contribution in [3.63, 3.8) is 0 Å². The number of ether oxygens (including phenoxy) is 1. The topological polar surface area (TPSA) is 51.5 Å². The molecule has 2 rings (SSSR count). The maximum Gasteiger partial charge on any atom is 0.410 e. The van der Waals surface area contributed by atoms with Gasteiger partial charge in [-0.1, -0.05) is 0 Å². The van der Waals surface area contributed by atoms with Crippen molar-refractivity contribution in [2.45, 2.75) is 44.9 Å². The summed E-state index contributed by atoms with van der Waals surface area (Å²) in [5.41, 5.74) is -0.384. The van der Waals surface area contributed by atoms with Crippen LogP contribution in [-0.2, 0) is 4.74 Å². The number of amides is 1. The summed E-state index contributed by atoms with van der Waals surface area (Å²) in [5.74, 6) is 0. The first-order valence-corrected chi connectivity index (χ1v) is 5.20. The number of carbonyl (C=O) groups is 1. The SMILES string of the molecule is CC(C)(C)OC(=O)N1CC[C@H]2N[C@@H]2C1. The van der Waals surface area contributed by atoms with Gasteiger partial charge in [-0.15, -0.1) is 0 Å². The van der Waals surface area contributed by atoms with Crippen molar-refractivity contribution < 1.29 is 9.53 Å². The third-order valence-electron chi connectivity index (χ3n) is 2.58. The van der Waals surface area contributed by atoms with Crippen LogP contribution in [0, 0.1) is 0 Å². The number of likely N-dealkylation sites (tertiary alicyclic amines) is 1. The van der Waals surface area contributed by atoms with E-state index >= 15 is 0 Å². The van der Waals surface area contributed by atoms with Crippen molar-refractivity contribution >= 4 is 6.09 Å². The van der Waals surface area contributed by atoms with Crippen molar-refractivity contribution in [3.8, 4) is 0 Å². The smallest absolute Gasteiger partial charge is 0.410 e. The summed E-state index contributed by atoms with van der Waals surface area (Å²) in [7, 11) is 0. The number of nitrogens with zero attached hydrogens (tertiary/aromatic N) is 1. The van der Waals surface area contributed by atoms with Gasteiger partial charge in [-0.05, 0) is 27.2 Å². The maximum absolute atomic E-state index is 11.7. The molecule has 0 spiro atoms. The Balaban J connectivity index is 1.85. The largest absolute Gasteiger partial charge is 0.444 e. The zero-order valence-electron chi connectivity index (χ0n) is 9.04. The molecule has 2 heterocycles. The molecule has 80 valence electrons. The molecule has 0 saturated carbocycles. The monoisotopic (exact) mass is 198 g/mol. The van der Waals surface area contributed by atoms with E-state index in [0.29, 0.717) is 12.1 Å². The maximum atomic E-state index is 11.7. The number of piperidine rings is 1. The first kappa shape index (κ1) is 9.77. The molecular weight excluding hydrogens is 180 g/mol. The highest BCUT2D eigenvalue weighted by Crippen LogP contribution is 2.23. The van der Waals surface area contributed by atoms with Crippen molar-refractivity contribution in [3.05, 3.63) is 0 Å². The molecule has 2 saturated heterocycles. The van der Waals surface area contributed by atoms with Gasteiger partial charge in [0, 0.05) is 25.2 Å². The Labute approximate surface area is 84.6 Å². The van der Waals surface area contributed by atoms with E-state index in [9.17, 15) is 4.79 Å². The predicted octanol–water partition coefficient (Wildman–Crippen LogP) is 0.968. The van der Waals surface area contributed by atoms with Crippen LogP contribution < -0.4 is 5.32 Å². The molecule has 0 radical (unpaired) electrons. The Morgan fingerprint density at radius 3 is 2.71 bits per heavy atom. The lowest BCUT2D eigenvalue weighted by Crippen LogP contribution is -2.42. The van der Waals surface area contributed by atoms with Gasteiger partial charge >= 0.3 is 6.09 Å². The molecule has 2 fully saturated rings. The summed E-state index contributed by atoms with van der Waals surface area (Å²) in [6.45, 7) is 7.32. The van der Waals surface area contributed by atoms with E-state index in [1.54, 1.807) is 4.90 Å². The lowest BCUT2D eigenvalue weighted by atomic mass is 10.1. The van der Waals surface area contributed by atoms with Gasteiger partial charge in [0.05, 0.1) is 0 Å². The van der Waals surface area contributed by atoms with Crippen LogP contribution in [0.15, 0.2) is 0 Å². The van der Waals surface area contributed by atoms with Gasteiger partial charge in [-0.2, -0.15) is 0 Å². The zero-order chi connectivity index (χ0) is 10.3. The Hall–Kier alpha value is -0.770. The Morgan fingerprint density at radius 1 is 1.43 bits per heavy atom. The van der Waals surface area contributed by atoms with Gasteiger partial charge < -0.3 is 15.0 Å². The Kier molecular flexibility index (Phi) is 2.18. The van der Waals surface area contributed by atoms with E-state index in [-0.39, 0.29) is 11.7 Å². The first-order chi connectivity index (χ1) is 6.46. The molecule has 2 aliphatic rings. The molecule has 14 heavy (non-hydrogen) atoms.